The van der Waals surface area contributed by atoms with E-state index in [4.69, 9.17) is 5.73 Å². The maximum Gasteiger partial charge on any atom is 0.254 e. The van der Waals surface area contributed by atoms with Crippen LogP contribution >= 0.6 is 0 Å². The number of hydrogen-bond donors (Lipinski definition) is 3. The van der Waals surface area contributed by atoms with E-state index in [1.54, 1.807) is 0 Å². The van der Waals surface area contributed by atoms with Crippen LogP contribution in [-0.2, 0) is 0 Å². The van der Waals surface area contributed by atoms with Gasteiger partial charge in [-0.15, -0.1) is 0 Å². The number of amides is 1. The van der Waals surface area contributed by atoms with E-state index in [0.717, 1.165) is 44.5 Å². The summed E-state index contributed by atoms with van der Waals surface area (Å²) in [5.74, 6) is 0.998. The van der Waals surface area contributed by atoms with Gasteiger partial charge in [-0.25, -0.2) is 4.98 Å². The molecule has 0 atom stereocenters. The molecule has 2 aliphatic rings. The second-order valence-electron chi connectivity index (χ2n) is 7.53. The number of carbonyl (C=O) groups is 1. The number of hydrogen-bond acceptors (Lipinski definition) is 6. The third-order valence-electron chi connectivity index (χ3n) is 5.34. The summed E-state index contributed by atoms with van der Waals surface area (Å²) in [4.78, 5) is 22.9. The summed E-state index contributed by atoms with van der Waals surface area (Å²) in [6.45, 7) is 2.22. The highest BCUT2D eigenvalue weighted by molar-refractivity contribution is 5.97. The minimum atomic E-state index is -0.517. The molecule has 1 aliphatic carbocycles. The van der Waals surface area contributed by atoms with E-state index >= 15 is 0 Å². The normalized spacial score (nSPS) is 18.3. The van der Waals surface area contributed by atoms with Crippen molar-refractivity contribution >= 4 is 23.4 Å². The van der Waals surface area contributed by atoms with Crippen molar-refractivity contribution in [2.45, 2.75) is 37.6 Å². The SMILES string of the molecule is CN1CCC(c2ccccc2Nc2ncc(C(N)=O)c(NC3CC3)n2)CC1. The van der Waals surface area contributed by atoms with E-state index in [0.29, 0.717) is 29.3 Å². The quantitative estimate of drug-likeness (QED) is 0.727. The number of nitrogens with one attached hydrogen (secondary N) is 2. The average molecular weight is 366 g/mol. The molecular weight excluding hydrogens is 340 g/mol. The van der Waals surface area contributed by atoms with Gasteiger partial charge in [0.2, 0.25) is 5.95 Å². The molecule has 4 rings (SSSR count). The summed E-state index contributed by atoms with van der Waals surface area (Å²) in [6.07, 6.45) is 5.96. The number of piperidine rings is 1. The van der Waals surface area contributed by atoms with Gasteiger partial charge in [0, 0.05) is 17.9 Å². The van der Waals surface area contributed by atoms with Crippen molar-refractivity contribution in [1.82, 2.24) is 14.9 Å². The molecule has 0 spiro atoms. The Morgan fingerprint density at radius 2 is 1.93 bits per heavy atom. The van der Waals surface area contributed by atoms with Crippen molar-refractivity contribution in [3.63, 3.8) is 0 Å². The van der Waals surface area contributed by atoms with Crippen LogP contribution in [0.15, 0.2) is 30.5 Å². The number of nitrogens with two attached hydrogens (primary N) is 1. The smallest absolute Gasteiger partial charge is 0.254 e. The molecule has 1 aliphatic heterocycles. The summed E-state index contributed by atoms with van der Waals surface area (Å²) in [6, 6.07) is 8.71. The van der Waals surface area contributed by atoms with E-state index < -0.39 is 5.91 Å². The third kappa shape index (κ3) is 4.19. The van der Waals surface area contributed by atoms with Crippen LogP contribution in [0.1, 0.15) is 47.5 Å². The Balaban J connectivity index is 1.58. The highest BCUT2D eigenvalue weighted by atomic mass is 16.1. The molecule has 0 radical (unpaired) electrons. The summed E-state index contributed by atoms with van der Waals surface area (Å²) >= 11 is 0. The summed E-state index contributed by atoms with van der Waals surface area (Å²) in [5.41, 5.74) is 8.11. The topological polar surface area (TPSA) is 96.2 Å². The number of primary amides is 1. The first kappa shape index (κ1) is 17.7. The fraction of sp³-hybridized carbons (Fsp3) is 0.450. The Morgan fingerprint density at radius 1 is 1.19 bits per heavy atom. The Labute approximate surface area is 159 Å². The second kappa shape index (κ2) is 7.52. The maximum atomic E-state index is 11.7. The molecule has 0 unspecified atom stereocenters. The van der Waals surface area contributed by atoms with Crippen molar-refractivity contribution in [3.05, 3.63) is 41.6 Å². The van der Waals surface area contributed by atoms with Crippen LogP contribution in [0.2, 0.25) is 0 Å². The largest absolute Gasteiger partial charge is 0.367 e. The van der Waals surface area contributed by atoms with Crippen LogP contribution < -0.4 is 16.4 Å². The molecule has 7 heteroatoms. The van der Waals surface area contributed by atoms with Gasteiger partial charge in [0.15, 0.2) is 0 Å². The lowest BCUT2D eigenvalue weighted by atomic mass is 9.88. The van der Waals surface area contributed by atoms with Gasteiger partial charge in [-0.3, -0.25) is 4.79 Å². The first-order valence-electron chi connectivity index (χ1n) is 9.58. The van der Waals surface area contributed by atoms with Gasteiger partial charge in [-0.1, -0.05) is 18.2 Å². The number of benzene rings is 1. The molecule has 142 valence electrons. The van der Waals surface area contributed by atoms with Crippen molar-refractivity contribution in [1.29, 1.82) is 0 Å². The van der Waals surface area contributed by atoms with Gasteiger partial charge in [0.05, 0.1) is 5.56 Å². The fourth-order valence-electron chi connectivity index (χ4n) is 3.56. The van der Waals surface area contributed by atoms with Crippen LogP contribution in [0, 0.1) is 0 Å². The van der Waals surface area contributed by atoms with Crippen molar-refractivity contribution < 1.29 is 4.79 Å². The summed E-state index contributed by atoms with van der Waals surface area (Å²) < 4.78 is 0. The Kier molecular flexibility index (Phi) is 4.94. The van der Waals surface area contributed by atoms with E-state index in [-0.39, 0.29) is 0 Å². The van der Waals surface area contributed by atoms with Gasteiger partial charge in [-0.2, -0.15) is 4.98 Å². The molecular formula is C20H26N6O. The minimum absolute atomic E-state index is 0.330. The van der Waals surface area contributed by atoms with Gasteiger partial charge >= 0.3 is 0 Å². The summed E-state index contributed by atoms with van der Waals surface area (Å²) in [7, 11) is 2.17. The lowest BCUT2D eigenvalue weighted by Crippen LogP contribution is -2.29. The van der Waals surface area contributed by atoms with Gasteiger partial charge < -0.3 is 21.3 Å². The molecule has 2 heterocycles. The molecule has 7 nitrogen and oxygen atoms in total. The average Bonchev–Trinajstić information content (AvgIpc) is 3.47. The predicted octanol–water partition coefficient (Wildman–Crippen LogP) is 2.70. The molecule has 1 aromatic heterocycles. The molecule has 1 saturated carbocycles. The first-order chi connectivity index (χ1) is 13.1. The van der Waals surface area contributed by atoms with Gasteiger partial charge in [0.25, 0.3) is 5.91 Å². The van der Waals surface area contributed by atoms with Gasteiger partial charge in [-0.05, 0) is 63.4 Å². The molecule has 2 aromatic rings. The number of anilines is 3. The highest BCUT2D eigenvalue weighted by Gasteiger charge is 2.25. The number of likely N-dealkylation sites (tertiary alicyclic amines) is 1. The number of carbonyl (C=O) groups excluding carboxylic acids is 1. The molecule has 0 bridgehead atoms. The van der Waals surface area contributed by atoms with Crippen LogP contribution in [0.5, 0.6) is 0 Å². The van der Waals surface area contributed by atoms with E-state index in [1.807, 2.05) is 6.07 Å². The van der Waals surface area contributed by atoms with Crippen molar-refractivity contribution in [2.24, 2.45) is 5.73 Å². The lowest BCUT2D eigenvalue weighted by Gasteiger charge is -2.30. The zero-order valence-corrected chi connectivity index (χ0v) is 15.6. The molecule has 1 saturated heterocycles. The number of rotatable bonds is 6. The van der Waals surface area contributed by atoms with E-state index in [1.165, 1.54) is 11.8 Å². The standard InChI is InChI=1S/C20H26N6O/c1-26-10-8-13(9-11-26)15-4-2-3-5-17(15)24-20-22-12-16(18(21)27)19(25-20)23-14-6-7-14/h2-5,12-14H,6-11H2,1H3,(H2,21,27)(H2,22,23,24,25). The second-order valence-corrected chi connectivity index (χ2v) is 7.53. The van der Waals surface area contributed by atoms with Crippen molar-refractivity contribution in [3.8, 4) is 0 Å². The van der Waals surface area contributed by atoms with Crippen LogP contribution in [0.25, 0.3) is 0 Å². The number of nitrogens with zero attached hydrogens (tertiary/aromatic N) is 3. The van der Waals surface area contributed by atoms with Crippen LogP contribution in [0.3, 0.4) is 0 Å². The Hall–Kier alpha value is -2.67. The Bertz CT molecular complexity index is 827. The molecule has 27 heavy (non-hydrogen) atoms. The molecule has 4 N–H and O–H groups in total. The lowest BCUT2D eigenvalue weighted by molar-refractivity contribution is 0.100. The van der Waals surface area contributed by atoms with Crippen LogP contribution in [0.4, 0.5) is 17.5 Å². The zero-order valence-electron chi connectivity index (χ0n) is 15.6. The third-order valence-corrected chi connectivity index (χ3v) is 5.34. The number of aromatic nitrogens is 2. The van der Waals surface area contributed by atoms with E-state index in [2.05, 4.69) is 50.7 Å². The van der Waals surface area contributed by atoms with Gasteiger partial charge in [0.1, 0.15) is 5.82 Å². The monoisotopic (exact) mass is 366 g/mol. The molecule has 2 fully saturated rings. The Morgan fingerprint density at radius 3 is 2.63 bits per heavy atom. The predicted molar refractivity (Wildman–Crippen MR) is 106 cm³/mol. The number of para-hydroxylation sites is 1. The first-order valence-corrected chi connectivity index (χ1v) is 9.58. The molecule has 1 amide bonds. The highest BCUT2D eigenvalue weighted by Crippen LogP contribution is 2.34. The fourth-order valence-corrected chi connectivity index (χ4v) is 3.56. The molecule has 1 aromatic carbocycles. The van der Waals surface area contributed by atoms with Crippen molar-refractivity contribution in [2.75, 3.05) is 30.8 Å². The summed E-state index contributed by atoms with van der Waals surface area (Å²) in [5, 5.41) is 6.63. The zero-order chi connectivity index (χ0) is 18.8. The maximum absolute atomic E-state index is 11.7. The van der Waals surface area contributed by atoms with Crippen LogP contribution in [-0.4, -0.2) is 47.0 Å². The van der Waals surface area contributed by atoms with E-state index in [9.17, 15) is 4.79 Å². The minimum Gasteiger partial charge on any atom is -0.367 e.